The normalized spacial score (nSPS) is 16.2. The van der Waals surface area contributed by atoms with Crippen molar-refractivity contribution in [2.75, 3.05) is 62.2 Å². The van der Waals surface area contributed by atoms with Crippen LogP contribution in [0, 0.1) is 10.8 Å². The highest BCUT2D eigenvalue weighted by molar-refractivity contribution is 5.77. The third kappa shape index (κ3) is 5.10. The summed E-state index contributed by atoms with van der Waals surface area (Å²) in [5.41, 5.74) is 10.0. The van der Waals surface area contributed by atoms with E-state index < -0.39 is 0 Å². The van der Waals surface area contributed by atoms with Crippen LogP contribution in [0.2, 0.25) is 0 Å². The number of nitrogens with two attached hydrogens (primary N) is 1. The fraction of sp³-hybridized carbons (Fsp3) is 0.333. The monoisotopic (exact) mass is 483 g/mol. The third-order valence-electron chi connectivity index (χ3n) is 7.05. The van der Waals surface area contributed by atoms with E-state index in [9.17, 15) is 0 Å². The molecule has 0 radical (unpaired) electrons. The topological polar surface area (TPSA) is 112 Å². The van der Waals surface area contributed by atoms with E-state index in [1.54, 1.807) is 0 Å². The van der Waals surface area contributed by atoms with E-state index >= 15 is 0 Å². The van der Waals surface area contributed by atoms with Gasteiger partial charge in [0.1, 0.15) is 11.6 Å². The molecule has 2 aliphatic heterocycles. The fourth-order valence-electron chi connectivity index (χ4n) is 4.81. The maximum Gasteiger partial charge on any atom is 0.188 e. The van der Waals surface area contributed by atoms with Crippen LogP contribution < -0.4 is 15.5 Å². The number of hydrogen-bond acceptors (Lipinski definition) is 6. The van der Waals surface area contributed by atoms with Crippen LogP contribution in [0.15, 0.2) is 60.9 Å². The summed E-state index contributed by atoms with van der Waals surface area (Å²) in [5, 5.41) is 15.4. The minimum Gasteiger partial charge on any atom is -0.370 e. The zero-order valence-electron chi connectivity index (χ0n) is 20.7. The highest BCUT2D eigenvalue weighted by atomic mass is 15.3. The number of aromatic nitrogens is 2. The van der Waals surface area contributed by atoms with E-state index in [-0.39, 0.29) is 5.96 Å². The first-order chi connectivity index (χ1) is 17.5. The van der Waals surface area contributed by atoms with Gasteiger partial charge in [-0.15, -0.1) is 0 Å². The maximum atomic E-state index is 7.81. The molecule has 0 atom stereocenters. The van der Waals surface area contributed by atoms with Crippen molar-refractivity contribution in [2.24, 2.45) is 5.73 Å². The van der Waals surface area contributed by atoms with Crippen LogP contribution >= 0.6 is 0 Å². The molecule has 2 fully saturated rings. The van der Waals surface area contributed by atoms with E-state index in [0.717, 1.165) is 86.2 Å². The quantitative estimate of drug-likeness (QED) is 0.386. The summed E-state index contributed by atoms with van der Waals surface area (Å²) in [5.74, 6) is 2.71. The number of amidine groups is 1. The minimum absolute atomic E-state index is 0.139. The second-order valence-corrected chi connectivity index (χ2v) is 9.31. The van der Waals surface area contributed by atoms with Crippen molar-refractivity contribution in [1.29, 1.82) is 10.8 Å². The Morgan fingerprint density at radius 1 is 0.667 bits per heavy atom. The van der Waals surface area contributed by atoms with Crippen molar-refractivity contribution in [1.82, 2.24) is 19.8 Å². The summed E-state index contributed by atoms with van der Waals surface area (Å²) >= 11 is 0. The molecule has 2 aliphatic rings. The zero-order chi connectivity index (χ0) is 25.1. The lowest BCUT2D eigenvalue weighted by Gasteiger charge is -2.36. The van der Waals surface area contributed by atoms with Gasteiger partial charge in [-0.05, 0) is 48.4 Å². The van der Waals surface area contributed by atoms with Gasteiger partial charge in [0, 0.05) is 75.9 Å². The number of anilines is 2. The third-order valence-corrected chi connectivity index (χ3v) is 7.05. The molecule has 9 nitrogen and oxygen atoms in total. The number of rotatable bonds is 4. The zero-order valence-corrected chi connectivity index (χ0v) is 20.7. The van der Waals surface area contributed by atoms with Gasteiger partial charge in [-0.3, -0.25) is 10.8 Å². The summed E-state index contributed by atoms with van der Waals surface area (Å²) < 4.78 is 0. The van der Waals surface area contributed by atoms with Crippen LogP contribution in [-0.4, -0.2) is 83.9 Å². The fourth-order valence-corrected chi connectivity index (χ4v) is 4.81. The number of piperazine rings is 2. The summed E-state index contributed by atoms with van der Waals surface area (Å²) in [7, 11) is 0. The largest absolute Gasteiger partial charge is 0.370 e. The number of pyridine rings is 2. The predicted molar refractivity (Wildman–Crippen MR) is 146 cm³/mol. The van der Waals surface area contributed by atoms with E-state index in [0.29, 0.717) is 5.84 Å². The Labute approximate surface area is 212 Å². The van der Waals surface area contributed by atoms with Crippen LogP contribution in [-0.2, 0) is 0 Å². The standard InChI is InChI=1S/C27H33N9/c1-20(28)33-9-11-34(12-10-33)25-7-5-23(18-31-25)21-3-2-4-22(17-21)24-6-8-26(32-19-24)35-13-15-36(16-14-35)27(29)30/h2-8,17-19,28H,9-16H2,1H3,(H3,29,30). The Morgan fingerprint density at radius 2 is 1.14 bits per heavy atom. The molecule has 4 heterocycles. The Bertz CT molecular complexity index is 1110. The molecule has 3 aromatic rings. The Balaban J connectivity index is 1.25. The summed E-state index contributed by atoms with van der Waals surface area (Å²) in [4.78, 5) is 18.0. The molecule has 4 N–H and O–H groups in total. The van der Waals surface area contributed by atoms with Gasteiger partial charge in [0.25, 0.3) is 0 Å². The first-order valence-electron chi connectivity index (χ1n) is 12.4. The molecule has 2 aromatic heterocycles. The lowest BCUT2D eigenvalue weighted by Crippen LogP contribution is -2.51. The molecule has 2 saturated heterocycles. The van der Waals surface area contributed by atoms with Crippen LogP contribution in [0.1, 0.15) is 6.92 Å². The molecule has 0 spiro atoms. The van der Waals surface area contributed by atoms with Crippen LogP contribution in [0.3, 0.4) is 0 Å². The molecular weight excluding hydrogens is 450 g/mol. The number of nitrogens with one attached hydrogen (secondary N) is 2. The van der Waals surface area contributed by atoms with Gasteiger partial charge in [0.05, 0.1) is 5.84 Å². The highest BCUT2D eigenvalue weighted by Crippen LogP contribution is 2.28. The Kier molecular flexibility index (Phi) is 6.71. The lowest BCUT2D eigenvalue weighted by atomic mass is 10.0. The lowest BCUT2D eigenvalue weighted by molar-refractivity contribution is 0.379. The van der Waals surface area contributed by atoms with Crippen LogP contribution in [0.25, 0.3) is 22.3 Å². The molecule has 1 aromatic carbocycles. The molecule has 0 bridgehead atoms. The molecule has 9 heteroatoms. The molecule has 5 rings (SSSR count). The number of guanidine groups is 1. The van der Waals surface area contributed by atoms with E-state index in [1.165, 1.54) is 0 Å². The number of benzene rings is 1. The molecule has 0 amide bonds. The summed E-state index contributed by atoms with van der Waals surface area (Å²) in [6.07, 6.45) is 3.88. The van der Waals surface area contributed by atoms with Gasteiger partial charge in [0.2, 0.25) is 0 Å². The van der Waals surface area contributed by atoms with Crippen molar-refractivity contribution in [2.45, 2.75) is 6.92 Å². The maximum absolute atomic E-state index is 7.81. The highest BCUT2D eigenvalue weighted by Gasteiger charge is 2.19. The second kappa shape index (κ2) is 10.2. The SMILES string of the molecule is CC(=N)N1CCN(c2ccc(-c3cccc(-c4ccc(N5CCN(C(=N)N)CC5)nc4)c3)cn2)CC1. The molecular formula is C27H33N9. The van der Waals surface area contributed by atoms with Gasteiger partial charge in [-0.25, -0.2) is 9.97 Å². The average Bonchev–Trinajstić information content (AvgIpc) is 2.93. The van der Waals surface area contributed by atoms with Gasteiger partial charge in [-0.2, -0.15) is 0 Å². The van der Waals surface area contributed by atoms with Gasteiger partial charge < -0.3 is 25.3 Å². The van der Waals surface area contributed by atoms with Gasteiger partial charge in [-0.1, -0.05) is 18.2 Å². The average molecular weight is 484 g/mol. The van der Waals surface area contributed by atoms with Crippen molar-refractivity contribution in [3.63, 3.8) is 0 Å². The van der Waals surface area contributed by atoms with Crippen LogP contribution in [0.5, 0.6) is 0 Å². The van der Waals surface area contributed by atoms with Gasteiger partial charge >= 0.3 is 0 Å². The molecule has 0 unspecified atom stereocenters. The molecule has 0 aliphatic carbocycles. The number of nitrogens with zero attached hydrogens (tertiary/aromatic N) is 6. The van der Waals surface area contributed by atoms with E-state index in [1.807, 2.05) is 24.2 Å². The molecule has 186 valence electrons. The predicted octanol–water partition coefficient (Wildman–Crippen LogP) is 2.95. The van der Waals surface area contributed by atoms with Crippen molar-refractivity contribution >= 4 is 23.4 Å². The summed E-state index contributed by atoms with van der Waals surface area (Å²) in [6.45, 7) is 8.44. The summed E-state index contributed by atoms with van der Waals surface area (Å²) in [6, 6.07) is 16.9. The second-order valence-electron chi connectivity index (χ2n) is 9.31. The van der Waals surface area contributed by atoms with E-state index in [4.69, 9.17) is 26.5 Å². The number of hydrogen-bond donors (Lipinski definition) is 3. The van der Waals surface area contributed by atoms with Gasteiger partial charge in [0.15, 0.2) is 5.96 Å². The Hall–Kier alpha value is -4.14. The first-order valence-corrected chi connectivity index (χ1v) is 12.4. The van der Waals surface area contributed by atoms with Crippen molar-refractivity contribution < 1.29 is 0 Å². The smallest absolute Gasteiger partial charge is 0.188 e. The van der Waals surface area contributed by atoms with Crippen molar-refractivity contribution in [3.8, 4) is 22.3 Å². The molecule has 0 saturated carbocycles. The van der Waals surface area contributed by atoms with Crippen LogP contribution in [0.4, 0.5) is 11.6 Å². The molecule has 36 heavy (non-hydrogen) atoms. The van der Waals surface area contributed by atoms with E-state index in [2.05, 4.69) is 63.2 Å². The minimum atomic E-state index is 0.139. The first kappa shape index (κ1) is 23.6. The Morgan fingerprint density at radius 3 is 1.53 bits per heavy atom. The van der Waals surface area contributed by atoms with Crippen molar-refractivity contribution in [3.05, 3.63) is 60.9 Å².